The maximum Gasteiger partial charge on any atom is 0.152 e. The molecule has 0 bridgehead atoms. The summed E-state index contributed by atoms with van der Waals surface area (Å²) in [5, 5.41) is 0. The summed E-state index contributed by atoms with van der Waals surface area (Å²) in [7, 11) is 0. The fraction of sp³-hybridized carbons (Fsp3) is 0.833. The van der Waals surface area contributed by atoms with E-state index in [4.69, 9.17) is 0 Å². The molecule has 1 atom stereocenters. The number of hydrogen-bond donors (Lipinski definition) is 0. The number of ketones is 1. The van der Waals surface area contributed by atoms with Crippen molar-refractivity contribution in [2.75, 3.05) is 0 Å². The molecule has 0 saturated heterocycles. The molecule has 1 fully saturated rings. The summed E-state index contributed by atoms with van der Waals surface area (Å²) in [6.07, 6.45) is 0.992. The van der Waals surface area contributed by atoms with Crippen LogP contribution in [-0.2, 0) is 4.79 Å². The molecule has 0 amide bonds. The lowest BCUT2D eigenvalue weighted by atomic mass is 9.71. The lowest BCUT2D eigenvalue weighted by Crippen LogP contribution is -2.45. The zero-order valence-electron chi connectivity index (χ0n) is 5.07. The number of rotatable bonds is 0. The minimum atomic E-state index is -0.0336. The standard InChI is InChI=1S/C6H9BrO/c1-6(2)3-4(7)5(6)8/h4H,3H2,1-2H3. The fourth-order valence-corrected chi connectivity index (χ4v) is 2.36. The van der Waals surface area contributed by atoms with E-state index in [0.29, 0.717) is 5.78 Å². The molecule has 0 N–H and O–H groups in total. The van der Waals surface area contributed by atoms with Gasteiger partial charge in [0, 0.05) is 5.41 Å². The Kier molecular flexibility index (Phi) is 1.23. The van der Waals surface area contributed by atoms with E-state index in [9.17, 15) is 4.79 Å². The fourth-order valence-electron chi connectivity index (χ4n) is 0.934. The van der Waals surface area contributed by atoms with Crippen LogP contribution in [0, 0.1) is 5.41 Å². The van der Waals surface area contributed by atoms with Gasteiger partial charge in [0.2, 0.25) is 0 Å². The van der Waals surface area contributed by atoms with Crippen molar-refractivity contribution in [2.24, 2.45) is 5.41 Å². The molecule has 1 saturated carbocycles. The lowest BCUT2D eigenvalue weighted by Gasteiger charge is -2.36. The third-order valence-electron chi connectivity index (χ3n) is 1.64. The third-order valence-corrected chi connectivity index (χ3v) is 2.38. The molecule has 0 spiro atoms. The van der Waals surface area contributed by atoms with Crippen molar-refractivity contribution in [3.8, 4) is 0 Å². The Balaban J connectivity index is 2.61. The molecule has 1 rings (SSSR count). The first-order valence-electron chi connectivity index (χ1n) is 2.72. The molecule has 1 aliphatic carbocycles. The Bertz CT molecular complexity index is 128. The second kappa shape index (κ2) is 1.56. The highest BCUT2D eigenvalue weighted by atomic mass is 79.9. The van der Waals surface area contributed by atoms with Crippen molar-refractivity contribution in [3.63, 3.8) is 0 Å². The predicted octanol–water partition coefficient (Wildman–Crippen LogP) is 1.75. The van der Waals surface area contributed by atoms with Gasteiger partial charge in [0.05, 0.1) is 4.83 Å². The second-order valence-corrected chi connectivity index (χ2v) is 4.03. The van der Waals surface area contributed by atoms with E-state index in [1.54, 1.807) is 0 Å². The second-order valence-electron chi connectivity index (χ2n) is 2.92. The molecule has 46 valence electrons. The molecular formula is C6H9BrO. The minimum Gasteiger partial charge on any atom is -0.298 e. The molecule has 0 aromatic carbocycles. The van der Waals surface area contributed by atoms with Crippen molar-refractivity contribution in [1.29, 1.82) is 0 Å². The SMILES string of the molecule is CC1(C)CC(Br)C1=O. The molecule has 2 heteroatoms. The minimum absolute atomic E-state index is 0.0336. The number of carbonyl (C=O) groups excluding carboxylic acids is 1. The van der Waals surface area contributed by atoms with Crippen molar-refractivity contribution >= 4 is 21.7 Å². The monoisotopic (exact) mass is 176 g/mol. The van der Waals surface area contributed by atoms with Crippen LogP contribution < -0.4 is 0 Å². The molecule has 8 heavy (non-hydrogen) atoms. The van der Waals surface area contributed by atoms with Crippen LogP contribution in [0.4, 0.5) is 0 Å². The molecule has 0 aromatic rings. The van der Waals surface area contributed by atoms with Gasteiger partial charge in [0.25, 0.3) is 0 Å². The van der Waals surface area contributed by atoms with Crippen LogP contribution in [0.25, 0.3) is 0 Å². The topological polar surface area (TPSA) is 17.1 Å². The van der Waals surface area contributed by atoms with Crippen LogP contribution >= 0.6 is 15.9 Å². The average Bonchev–Trinajstić information content (AvgIpc) is 1.65. The number of Topliss-reactive ketones (excluding diaryl/α,β-unsaturated/α-hetero) is 1. The summed E-state index contributed by atoms with van der Waals surface area (Å²) >= 11 is 3.25. The van der Waals surface area contributed by atoms with Crippen molar-refractivity contribution in [1.82, 2.24) is 0 Å². The van der Waals surface area contributed by atoms with Gasteiger partial charge >= 0.3 is 0 Å². The van der Waals surface area contributed by atoms with Gasteiger partial charge in [-0.05, 0) is 6.42 Å². The van der Waals surface area contributed by atoms with E-state index in [1.165, 1.54) is 0 Å². The smallest absolute Gasteiger partial charge is 0.152 e. The van der Waals surface area contributed by atoms with Crippen LogP contribution in [0.2, 0.25) is 0 Å². The molecule has 0 aliphatic heterocycles. The summed E-state index contributed by atoms with van der Waals surface area (Å²) in [5.74, 6) is 0.345. The molecule has 0 aromatic heterocycles. The maximum atomic E-state index is 10.8. The molecule has 0 heterocycles. The number of hydrogen-bond acceptors (Lipinski definition) is 1. The first-order valence-corrected chi connectivity index (χ1v) is 3.64. The van der Waals surface area contributed by atoms with Gasteiger partial charge in [-0.15, -0.1) is 0 Å². The highest BCUT2D eigenvalue weighted by Gasteiger charge is 2.44. The normalized spacial score (nSPS) is 34.4. The predicted molar refractivity (Wildman–Crippen MR) is 36.1 cm³/mol. The Morgan fingerprint density at radius 1 is 1.75 bits per heavy atom. The largest absolute Gasteiger partial charge is 0.298 e. The summed E-state index contributed by atoms with van der Waals surface area (Å²) in [6, 6.07) is 0. The van der Waals surface area contributed by atoms with Gasteiger partial charge in [-0.3, -0.25) is 4.79 Å². The zero-order chi connectivity index (χ0) is 6.36. The number of halogens is 1. The first-order chi connectivity index (χ1) is 3.54. The van der Waals surface area contributed by atoms with Gasteiger partial charge in [-0.1, -0.05) is 29.8 Å². The van der Waals surface area contributed by atoms with E-state index < -0.39 is 0 Å². The van der Waals surface area contributed by atoms with E-state index in [1.807, 2.05) is 13.8 Å². The van der Waals surface area contributed by atoms with Gasteiger partial charge in [0.15, 0.2) is 5.78 Å². The van der Waals surface area contributed by atoms with Crippen LogP contribution in [0.3, 0.4) is 0 Å². The van der Waals surface area contributed by atoms with Crippen molar-refractivity contribution in [3.05, 3.63) is 0 Å². The van der Waals surface area contributed by atoms with Gasteiger partial charge < -0.3 is 0 Å². The number of carbonyl (C=O) groups is 1. The molecule has 1 nitrogen and oxygen atoms in total. The van der Waals surface area contributed by atoms with Crippen LogP contribution in [-0.4, -0.2) is 10.6 Å². The quantitative estimate of drug-likeness (QED) is 0.515. The van der Waals surface area contributed by atoms with E-state index in [2.05, 4.69) is 15.9 Å². The Labute approximate surface area is 57.6 Å². The van der Waals surface area contributed by atoms with Gasteiger partial charge in [-0.25, -0.2) is 0 Å². The highest BCUT2D eigenvalue weighted by Crippen LogP contribution is 2.40. The van der Waals surface area contributed by atoms with Gasteiger partial charge in [-0.2, -0.15) is 0 Å². The third kappa shape index (κ3) is 0.711. The Hall–Kier alpha value is 0.150. The lowest BCUT2D eigenvalue weighted by molar-refractivity contribution is -0.134. The highest BCUT2D eigenvalue weighted by molar-refractivity contribution is 9.10. The van der Waals surface area contributed by atoms with E-state index in [-0.39, 0.29) is 10.2 Å². The van der Waals surface area contributed by atoms with E-state index in [0.717, 1.165) is 6.42 Å². The van der Waals surface area contributed by atoms with Crippen molar-refractivity contribution < 1.29 is 4.79 Å². The van der Waals surface area contributed by atoms with Crippen LogP contribution in [0.5, 0.6) is 0 Å². The maximum absolute atomic E-state index is 10.8. The Morgan fingerprint density at radius 2 is 2.25 bits per heavy atom. The molecule has 0 radical (unpaired) electrons. The van der Waals surface area contributed by atoms with Crippen LogP contribution in [0.15, 0.2) is 0 Å². The summed E-state index contributed by atoms with van der Waals surface area (Å²) in [4.78, 5) is 11.0. The summed E-state index contributed by atoms with van der Waals surface area (Å²) in [6.45, 7) is 3.96. The molecular weight excluding hydrogens is 168 g/mol. The molecule has 1 aliphatic rings. The summed E-state index contributed by atoms with van der Waals surface area (Å²) in [5.41, 5.74) is -0.0336. The average molecular weight is 177 g/mol. The van der Waals surface area contributed by atoms with Gasteiger partial charge in [0.1, 0.15) is 0 Å². The molecule has 1 unspecified atom stereocenters. The zero-order valence-corrected chi connectivity index (χ0v) is 6.66. The van der Waals surface area contributed by atoms with Crippen LogP contribution in [0.1, 0.15) is 20.3 Å². The van der Waals surface area contributed by atoms with Crippen molar-refractivity contribution in [2.45, 2.75) is 25.1 Å². The number of alkyl halides is 1. The Morgan fingerprint density at radius 3 is 2.25 bits per heavy atom. The first kappa shape index (κ1) is 6.27. The summed E-state index contributed by atoms with van der Waals surface area (Å²) < 4.78 is 0. The van der Waals surface area contributed by atoms with E-state index >= 15 is 0 Å².